The van der Waals surface area contributed by atoms with Crippen molar-refractivity contribution in [2.75, 3.05) is 5.06 Å². The summed E-state index contributed by atoms with van der Waals surface area (Å²) in [6, 6.07) is 17.8. The molecule has 0 unspecified atom stereocenters. The van der Waals surface area contributed by atoms with Gasteiger partial charge in [0.1, 0.15) is 6.61 Å². The fourth-order valence-electron chi connectivity index (χ4n) is 1.72. The zero-order chi connectivity index (χ0) is 15.1. The molecule has 2 aromatic rings. The molecule has 0 radical (unpaired) electrons. The Morgan fingerprint density at radius 2 is 1.62 bits per heavy atom. The molecule has 106 valence electrons. The van der Waals surface area contributed by atoms with E-state index in [1.54, 1.807) is 30.3 Å². The van der Waals surface area contributed by atoms with E-state index in [2.05, 4.69) is 0 Å². The molecule has 2 aromatic carbocycles. The molecule has 0 heterocycles. The van der Waals surface area contributed by atoms with Crippen molar-refractivity contribution in [3.8, 4) is 0 Å². The van der Waals surface area contributed by atoms with Crippen molar-refractivity contribution in [3.05, 3.63) is 71.9 Å². The number of nitrogens with zero attached hydrogens (tertiary/aromatic N) is 1. The highest BCUT2D eigenvalue weighted by molar-refractivity contribution is 5.98. The SMILES string of the molecule is O=C=C(C(=O)O)N(OCc1ccccc1)c1ccccc1. The summed E-state index contributed by atoms with van der Waals surface area (Å²) in [6.45, 7) is 0.133. The maximum absolute atomic E-state index is 11.1. The molecule has 0 amide bonds. The molecular formula is C16H13NO4. The van der Waals surface area contributed by atoms with Gasteiger partial charge in [-0.25, -0.2) is 14.7 Å². The molecule has 0 aliphatic rings. The van der Waals surface area contributed by atoms with Crippen molar-refractivity contribution in [1.82, 2.24) is 0 Å². The minimum atomic E-state index is -1.40. The lowest BCUT2D eigenvalue weighted by Gasteiger charge is -2.21. The van der Waals surface area contributed by atoms with Gasteiger partial charge in [0.25, 0.3) is 0 Å². The van der Waals surface area contributed by atoms with E-state index in [0.717, 1.165) is 10.6 Å². The Bertz CT molecular complexity index is 648. The minimum Gasteiger partial charge on any atom is -0.476 e. The average molecular weight is 283 g/mol. The van der Waals surface area contributed by atoms with Gasteiger partial charge in [0.05, 0.1) is 5.69 Å². The van der Waals surface area contributed by atoms with Crippen LogP contribution in [-0.4, -0.2) is 17.0 Å². The molecule has 0 saturated heterocycles. The predicted octanol–water partition coefficient (Wildman–Crippen LogP) is 2.42. The molecule has 0 atom stereocenters. The molecule has 0 aromatic heterocycles. The normalized spacial score (nSPS) is 9.71. The highest BCUT2D eigenvalue weighted by Gasteiger charge is 2.21. The van der Waals surface area contributed by atoms with Crippen LogP contribution in [0.5, 0.6) is 0 Å². The number of hydrogen-bond acceptors (Lipinski definition) is 4. The third-order valence-corrected chi connectivity index (χ3v) is 2.70. The van der Waals surface area contributed by atoms with E-state index in [-0.39, 0.29) is 6.61 Å². The Balaban J connectivity index is 2.24. The summed E-state index contributed by atoms with van der Waals surface area (Å²) in [5, 5.41) is 10.1. The van der Waals surface area contributed by atoms with Crippen molar-refractivity contribution in [1.29, 1.82) is 0 Å². The summed E-state index contributed by atoms with van der Waals surface area (Å²) in [5.41, 5.74) is 0.695. The molecule has 2 rings (SSSR count). The number of carbonyl (C=O) groups is 1. The quantitative estimate of drug-likeness (QED) is 0.501. The summed E-state index contributed by atoms with van der Waals surface area (Å²) in [6.07, 6.45) is 0. The zero-order valence-electron chi connectivity index (χ0n) is 11.1. The fraction of sp³-hybridized carbons (Fsp3) is 0.0625. The summed E-state index contributed by atoms with van der Waals surface area (Å²) in [7, 11) is 0. The van der Waals surface area contributed by atoms with Gasteiger partial charge in [-0.05, 0) is 17.7 Å². The van der Waals surface area contributed by atoms with Gasteiger partial charge < -0.3 is 5.11 Å². The molecule has 5 nitrogen and oxygen atoms in total. The first-order chi connectivity index (χ1) is 10.2. The van der Waals surface area contributed by atoms with E-state index in [0.29, 0.717) is 5.69 Å². The van der Waals surface area contributed by atoms with Gasteiger partial charge in [0.15, 0.2) is 5.94 Å². The second-order valence-electron chi connectivity index (χ2n) is 4.14. The van der Waals surface area contributed by atoms with Gasteiger partial charge in [-0.2, -0.15) is 0 Å². The molecule has 1 N–H and O–H groups in total. The highest BCUT2D eigenvalue weighted by atomic mass is 16.7. The first kappa shape index (κ1) is 14.5. The molecule has 0 saturated carbocycles. The smallest absolute Gasteiger partial charge is 0.366 e. The number of benzene rings is 2. The third-order valence-electron chi connectivity index (χ3n) is 2.70. The molecule has 0 fully saturated rings. The number of hydroxylamine groups is 1. The van der Waals surface area contributed by atoms with Crippen LogP contribution in [-0.2, 0) is 21.0 Å². The number of carbonyl (C=O) groups excluding carboxylic acids is 1. The average Bonchev–Trinajstić information content (AvgIpc) is 2.53. The number of hydrogen-bond donors (Lipinski definition) is 1. The van der Waals surface area contributed by atoms with Crippen LogP contribution < -0.4 is 5.06 Å². The van der Waals surface area contributed by atoms with Gasteiger partial charge in [-0.3, -0.25) is 4.84 Å². The summed E-state index contributed by atoms with van der Waals surface area (Å²) < 4.78 is 0. The number of anilines is 1. The largest absolute Gasteiger partial charge is 0.476 e. The zero-order valence-corrected chi connectivity index (χ0v) is 11.1. The van der Waals surface area contributed by atoms with Gasteiger partial charge >= 0.3 is 5.97 Å². The first-order valence-electron chi connectivity index (χ1n) is 6.23. The maximum atomic E-state index is 11.1. The molecule has 21 heavy (non-hydrogen) atoms. The van der Waals surface area contributed by atoms with E-state index in [1.165, 1.54) is 5.94 Å². The predicted molar refractivity (Wildman–Crippen MR) is 77.0 cm³/mol. The summed E-state index contributed by atoms with van der Waals surface area (Å²) in [5.74, 6) is 0.00340. The lowest BCUT2D eigenvalue weighted by molar-refractivity contribution is -0.133. The van der Waals surface area contributed by atoms with Crippen LogP contribution in [0.3, 0.4) is 0 Å². The van der Waals surface area contributed by atoms with E-state index < -0.39 is 11.7 Å². The first-order valence-corrected chi connectivity index (χ1v) is 6.23. The molecule has 5 heteroatoms. The van der Waals surface area contributed by atoms with Crippen LogP contribution in [0.4, 0.5) is 5.69 Å². The Labute approximate surface area is 121 Å². The van der Waals surface area contributed by atoms with E-state index in [1.807, 2.05) is 30.3 Å². The van der Waals surface area contributed by atoms with E-state index >= 15 is 0 Å². The molecule has 0 aliphatic carbocycles. The molecular weight excluding hydrogens is 270 g/mol. The minimum absolute atomic E-state index is 0.133. The van der Waals surface area contributed by atoms with Gasteiger partial charge in [0.2, 0.25) is 5.70 Å². The fourth-order valence-corrected chi connectivity index (χ4v) is 1.72. The van der Waals surface area contributed by atoms with Crippen LogP contribution in [0.15, 0.2) is 66.4 Å². The number of carboxylic acids is 1. The van der Waals surface area contributed by atoms with E-state index in [9.17, 15) is 9.59 Å². The van der Waals surface area contributed by atoms with Crippen LogP contribution in [0.1, 0.15) is 5.56 Å². The third kappa shape index (κ3) is 3.79. The van der Waals surface area contributed by atoms with Crippen molar-refractivity contribution >= 4 is 17.6 Å². The number of rotatable bonds is 6. The number of para-hydroxylation sites is 1. The second-order valence-corrected chi connectivity index (χ2v) is 4.14. The number of carboxylic acid groups (broad SMARTS) is 1. The second kappa shape index (κ2) is 7.05. The lowest BCUT2D eigenvalue weighted by atomic mass is 10.2. The van der Waals surface area contributed by atoms with Gasteiger partial charge in [-0.15, -0.1) is 0 Å². The van der Waals surface area contributed by atoms with Gasteiger partial charge in [0, 0.05) is 0 Å². The standard InChI is InChI=1S/C16H13NO4/c18-11-15(16(19)20)17(14-9-5-2-6-10-14)21-12-13-7-3-1-4-8-13/h1-10H,12H2,(H,19,20). The lowest BCUT2D eigenvalue weighted by Crippen LogP contribution is -2.28. The Hall–Kier alpha value is -2.88. The summed E-state index contributed by atoms with van der Waals surface area (Å²) >= 11 is 0. The Morgan fingerprint density at radius 3 is 2.14 bits per heavy atom. The molecule has 0 spiro atoms. The van der Waals surface area contributed by atoms with Crippen LogP contribution in [0, 0.1) is 0 Å². The van der Waals surface area contributed by atoms with Crippen molar-refractivity contribution in [2.45, 2.75) is 6.61 Å². The summed E-state index contributed by atoms with van der Waals surface area (Å²) in [4.78, 5) is 27.5. The monoisotopic (exact) mass is 283 g/mol. The van der Waals surface area contributed by atoms with Gasteiger partial charge in [-0.1, -0.05) is 48.5 Å². The van der Waals surface area contributed by atoms with Crippen molar-refractivity contribution in [2.24, 2.45) is 0 Å². The Kier molecular flexibility index (Phi) is 4.88. The van der Waals surface area contributed by atoms with Crippen molar-refractivity contribution in [3.63, 3.8) is 0 Å². The topological polar surface area (TPSA) is 66.8 Å². The van der Waals surface area contributed by atoms with Crippen LogP contribution in [0.25, 0.3) is 0 Å². The van der Waals surface area contributed by atoms with Crippen LogP contribution >= 0.6 is 0 Å². The Morgan fingerprint density at radius 1 is 1.05 bits per heavy atom. The van der Waals surface area contributed by atoms with Crippen molar-refractivity contribution < 1.29 is 19.5 Å². The maximum Gasteiger partial charge on any atom is 0.366 e. The van der Waals surface area contributed by atoms with Crippen LogP contribution in [0.2, 0.25) is 0 Å². The molecule has 0 aliphatic heterocycles. The van der Waals surface area contributed by atoms with E-state index in [4.69, 9.17) is 9.94 Å². The molecule has 0 bridgehead atoms. The highest BCUT2D eigenvalue weighted by Crippen LogP contribution is 2.19. The number of aliphatic carboxylic acids is 1.